The number of hydrogen-bond acceptors (Lipinski definition) is 4. The molecule has 1 atom stereocenters. The van der Waals surface area contributed by atoms with E-state index in [1.165, 1.54) is 21.1 Å². The molecule has 1 fully saturated rings. The molecule has 4 amide bonds. The number of nitrogens with one attached hydrogen (secondary N) is 1. The van der Waals surface area contributed by atoms with Crippen LogP contribution in [0.3, 0.4) is 0 Å². The quantitative estimate of drug-likeness (QED) is 0.601. The molecule has 0 bridgehead atoms. The Morgan fingerprint density at radius 3 is 2.53 bits per heavy atom. The fraction of sp³-hybridized carbons (Fsp3) is 0.174. The molecule has 7 heteroatoms. The Kier molecular flexibility index (Phi) is 5.63. The minimum absolute atomic E-state index is 0.104. The van der Waals surface area contributed by atoms with Crippen molar-refractivity contribution in [3.8, 4) is 0 Å². The van der Waals surface area contributed by atoms with Crippen LogP contribution in [0.5, 0.6) is 0 Å². The van der Waals surface area contributed by atoms with Crippen LogP contribution in [0.15, 0.2) is 72.1 Å². The molecule has 1 aliphatic heterocycles. The highest BCUT2D eigenvalue weighted by atomic mass is 32.1. The Bertz CT molecular complexity index is 1070. The number of carbonyl (C=O) groups is 3. The molecule has 1 saturated heterocycles. The first kappa shape index (κ1) is 19.8. The Hall–Kier alpha value is -3.45. The molecule has 2 heterocycles. The van der Waals surface area contributed by atoms with E-state index in [4.69, 9.17) is 0 Å². The van der Waals surface area contributed by atoms with Crippen LogP contribution < -0.4 is 10.2 Å². The summed E-state index contributed by atoms with van der Waals surface area (Å²) in [5.74, 6) is -0.694. The van der Waals surface area contributed by atoms with Gasteiger partial charge in [0.15, 0.2) is 0 Å². The van der Waals surface area contributed by atoms with Gasteiger partial charge in [0.05, 0.1) is 18.7 Å². The van der Waals surface area contributed by atoms with Gasteiger partial charge in [0, 0.05) is 10.6 Å². The number of aryl methyl sites for hydroxylation is 1. The SMILES string of the molecule is Cc1cccc(N2C(=O)[C@H](CC(=O)Nc3ccccc3)N(Cc3cccs3)C2=O)c1. The maximum Gasteiger partial charge on any atom is 0.332 e. The molecule has 0 saturated carbocycles. The fourth-order valence-corrected chi connectivity index (χ4v) is 4.20. The highest BCUT2D eigenvalue weighted by Crippen LogP contribution is 2.29. The van der Waals surface area contributed by atoms with Gasteiger partial charge in [-0.05, 0) is 48.2 Å². The number of para-hydroxylation sites is 1. The average molecular weight is 420 g/mol. The summed E-state index contributed by atoms with van der Waals surface area (Å²) in [4.78, 5) is 42.7. The van der Waals surface area contributed by atoms with Gasteiger partial charge < -0.3 is 10.2 Å². The van der Waals surface area contributed by atoms with Gasteiger partial charge in [-0.25, -0.2) is 9.69 Å². The van der Waals surface area contributed by atoms with Gasteiger partial charge in [-0.3, -0.25) is 9.59 Å². The smallest absolute Gasteiger partial charge is 0.326 e. The number of anilines is 2. The zero-order valence-electron chi connectivity index (χ0n) is 16.4. The molecule has 4 rings (SSSR count). The zero-order valence-corrected chi connectivity index (χ0v) is 17.3. The molecule has 0 radical (unpaired) electrons. The van der Waals surface area contributed by atoms with Gasteiger partial charge in [0.2, 0.25) is 5.91 Å². The number of amides is 4. The summed E-state index contributed by atoms with van der Waals surface area (Å²) in [6.45, 7) is 2.19. The van der Waals surface area contributed by atoms with E-state index in [1.54, 1.807) is 24.3 Å². The van der Waals surface area contributed by atoms with Gasteiger partial charge in [-0.2, -0.15) is 0 Å². The van der Waals surface area contributed by atoms with Gasteiger partial charge in [-0.1, -0.05) is 36.4 Å². The first-order valence-corrected chi connectivity index (χ1v) is 10.5. The van der Waals surface area contributed by atoms with Crippen LogP contribution in [0, 0.1) is 6.92 Å². The molecular weight excluding hydrogens is 398 g/mol. The molecule has 1 aromatic heterocycles. The lowest BCUT2D eigenvalue weighted by Crippen LogP contribution is -2.37. The van der Waals surface area contributed by atoms with Crippen molar-refractivity contribution in [3.05, 3.63) is 82.6 Å². The second-order valence-electron chi connectivity index (χ2n) is 7.14. The summed E-state index contributed by atoms with van der Waals surface area (Å²) in [5, 5.41) is 4.73. The van der Waals surface area contributed by atoms with Crippen molar-refractivity contribution in [2.75, 3.05) is 10.2 Å². The Morgan fingerprint density at radius 1 is 1.03 bits per heavy atom. The molecule has 0 spiro atoms. The highest BCUT2D eigenvalue weighted by Gasteiger charge is 2.46. The van der Waals surface area contributed by atoms with E-state index in [2.05, 4.69) is 5.32 Å². The molecule has 0 aliphatic carbocycles. The third kappa shape index (κ3) is 4.11. The van der Waals surface area contributed by atoms with E-state index in [1.807, 2.05) is 54.8 Å². The van der Waals surface area contributed by atoms with Crippen molar-refractivity contribution in [3.63, 3.8) is 0 Å². The van der Waals surface area contributed by atoms with E-state index >= 15 is 0 Å². The molecule has 2 aromatic carbocycles. The summed E-state index contributed by atoms with van der Waals surface area (Å²) in [5.41, 5.74) is 2.12. The summed E-state index contributed by atoms with van der Waals surface area (Å²) in [6, 6.07) is 18.9. The minimum Gasteiger partial charge on any atom is -0.326 e. The first-order valence-electron chi connectivity index (χ1n) is 9.61. The summed E-state index contributed by atoms with van der Waals surface area (Å²) < 4.78 is 0. The summed E-state index contributed by atoms with van der Waals surface area (Å²) in [6.07, 6.45) is -0.104. The maximum absolute atomic E-state index is 13.2. The molecular formula is C23H21N3O3S. The number of thiophene rings is 1. The van der Waals surface area contributed by atoms with Crippen molar-refractivity contribution in [2.24, 2.45) is 0 Å². The molecule has 1 aliphatic rings. The van der Waals surface area contributed by atoms with Crippen molar-refractivity contribution >= 4 is 40.6 Å². The Morgan fingerprint density at radius 2 is 1.83 bits per heavy atom. The lowest BCUT2D eigenvalue weighted by Gasteiger charge is -2.21. The Labute approximate surface area is 178 Å². The lowest BCUT2D eigenvalue weighted by atomic mass is 10.1. The van der Waals surface area contributed by atoms with Gasteiger partial charge in [0.1, 0.15) is 6.04 Å². The summed E-state index contributed by atoms with van der Waals surface area (Å²) >= 11 is 1.51. The maximum atomic E-state index is 13.2. The molecule has 1 N–H and O–H groups in total. The molecule has 30 heavy (non-hydrogen) atoms. The standard InChI is InChI=1S/C23H21N3O3S/c1-16-7-5-10-18(13-16)26-22(28)20(14-21(27)24-17-8-3-2-4-9-17)25(23(26)29)15-19-11-6-12-30-19/h2-13,20H,14-15H2,1H3,(H,24,27)/t20-/m0/s1. The van der Waals surface area contributed by atoms with Crippen LogP contribution >= 0.6 is 11.3 Å². The summed E-state index contributed by atoms with van der Waals surface area (Å²) in [7, 11) is 0. The largest absolute Gasteiger partial charge is 0.332 e. The Balaban J connectivity index is 1.60. The van der Waals surface area contributed by atoms with Crippen LogP contribution in [0.4, 0.5) is 16.2 Å². The van der Waals surface area contributed by atoms with Crippen LogP contribution in [0.1, 0.15) is 16.9 Å². The third-order valence-corrected chi connectivity index (χ3v) is 5.78. The van der Waals surface area contributed by atoms with Crippen molar-refractivity contribution < 1.29 is 14.4 Å². The van der Waals surface area contributed by atoms with Crippen LogP contribution in [0.25, 0.3) is 0 Å². The lowest BCUT2D eigenvalue weighted by molar-refractivity contribution is -0.124. The van der Waals surface area contributed by atoms with Gasteiger partial charge >= 0.3 is 6.03 Å². The second kappa shape index (κ2) is 8.51. The van der Waals surface area contributed by atoms with E-state index in [-0.39, 0.29) is 24.8 Å². The highest BCUT2D eigenvalue weighted by molar-refractivity contribution is 7.09. The number of hydrogen-bond donors (Lipinski definition) is 1. The van der Waals surface area contributed by atoms with E-state index < -0.39 is 12.1 Å². The third-order valence-electron chi connectivity index (χ3n) is 4.92. The number of urea groups is 1. The van der Waals surface area contributed by atoms with Gasteiger partial charge in [-0.15, -0.1) is 11.3 Å². The molecule has 152 valence electrons. The van der Waals surface area contributed by atoms with Gasteiger partial charge in [0.25, 0.3) is 5.91 Å². The second-order valence-corrected chi connectivity index (χ2v) is 8.17. The predicted molar refractivity (Wildman–Crippen MR) is 117 cm³/mol. The van der Waals surface area contributed by atoms with E-state index in [0.29, 0.717) is 11.4 Å². The number of benzene rings is 2. The topological polar surface area (TPSA) is 69.7 Å². The zero-order chi connectivity index (χ0) is 21.1. The fourth-order valence-electron chi connectivity index (χ4n) is 3.50. The normalized spacial score (nSPS) is 16.2. The molecule has 0 unspecified atom stereocenters. The molecule has 6 nitrogen and oxygen atoms in total. The number of carbonyl (C=O) groups excluding carboxylic acids is 3. The number of rotatable bonds is 6. The van der Waals surface area contributed by atoms with Crippen LogP contribution in [-0.4, -0.2) is 28.8 Å². The number of imide groups is 1. The van der Waals surface area contributed by atoms with Crippen molar-refractivity contribution in [1.82, 2.24) is 4.90 Å². The minimum atomic E-state index is -0.858. The predicted octanol–water partition coefficient (Wildman–Crippen LogP) is 4.42. The van der Waals surface area contributed by atoms with Crippen molar-refractivity contribution in [1.29, 1.82) is 0 Å². The monoisotopic (exact) mass is 419 g/mol. The average Bonchev–Trinajstić information content (AvgIpc) is 3.31. The number of nitrogens with zero attached hydrogens (tertiary/aromatic N) is 2. The van der Waals surface area contributed by atoms with E-state index in [9.17, 15) is 14.4 Å². The van der Waals surface area contributed by atoms with Crippen molar-refractivity contribution in [2.45, 2.75) is 25.9 Å². The van der Waals surface area contributed by atoms with Crippen LogP contribution in [-0.2, 0) is 16.1 Å². The van der Waals surface area contributed by atoms with E-state index in [0.717, 1.165) is 10.4 Å². The first-order chi connectivity index (χ1) is 14.5. The molecule has 3 aromatic rings. The van der Waals surface area contributed by atoms with Crippen LogP contribution in [0.2, 0.25) is 0 Å².